The van der Waals surface area contributed by atoms with Crippen molar-refractivity contribution < 1.29 is 38.3 Å². The van der Waals surface area contributed by atoms with Crippen LogP contribution in [0.15, 0.2) is 72.9 Å². The molecule has 15 nitrogen and oxygen atoms in total. The lowest BCUT2D eigenvalue weighted by Gasteiger charge is -2.27. The van der Waals surface area contributed by atoms with Gasteiger partial charge in [0.2, 0.25) is 11.8 Å². The molecule has 0 saturated carbocycles. The number of fused-ring (bicyclic) bond motifs is 2. The van der Waals surface area contributed by atoms with E-state index in [1.54, 1.807) is 31.3 Å². The second kappa shape index (κ2) is 19.5. The van der Waals surface area contributed by atoms with Crippen LogP contribution in [0, 0.1) is 0 Å². The zero-order valence-electron chi connectivity index (χ0n) is 32.4. The van der Waals surface area contributed by atoms with Crippen LogP contribution in [-0.2, 0) is 14.4 Å². The number of pyridine rings is 1. The number of aromatic nitrogens is 1. The maximum atomic E-state index is 13.2. The van der Waals surface area contributed by atoms with Crippen molar-refractivity contribution in [2.45, 2.75) is 70.3 Å². The number of anilines is 2. The number of hydrogen-bond acceptors (Lipinski definition) is 10. The van der Waals surface area contributed by atoms with E-state index in [0.29, 0.717) is 40.8 Å². The highest BCUT2D eigenvalue weighted by atomic mass is 16.5. The molecule has 1 aromatic heterocycles. The van der Waals surface area contributed by atoms with Gasteiger partial charge in [-0.3, -0.25) is 48.8 Å². The molecule has 5 N–H and O–H groups in total. The maximum Gasteiger partial charge on any atom is 0.266 e. The summed E-state index contributed by atoms with van der Waals surface area (Å²) >= 11 is 0. The number of para-hydroxylation sites is 1. The standard InChI is InChI=1S/C43H47N7O8/c1-44-40(54)31-25-47-32-19-18-27(24-30(32)38(31)48-28-14-9-8-10-15-28)39(53)46-23-12-7-5-3-2-4-6-11-22-45-36(52)26-58-34-17-13-16-29-37(34)43(57)50(42(29)56)33-20-21-35(51)49-41(33)55/h8-10,13-19,24-25,33H,2-7,11-12,20-23,26H2,1H3,(H,44,54)(H,45,52)(H,46,53)(H,47,48)(H,49,51,55). The summed E-state index contributed by atoms with van der Waals surface area (Å²) in [5, 5.41) is 14.7. The minimum Gasteiger partial charge on any atom is -0.483 e. The summed E-state index contributed by atoms with van der Waals surface area (Å²) in [4.78, 5) is 93.6. The van der Waals surface area contributed by atoms with E-state index in [-0.39, 0.29) is 54.0 Å². The van der Waals surface area contributed by atoms with Gasteiger partial charge in [0.15, 0.2) is 6.61 Å². The first-order chi connectivity index (χ1) is 28.2. The van der Waals surface area contributed by atoms with Gasteiger partial charge in [-0.2, -0.15) is 0 Å². The number of rotatable bonds is 19. The van der Waals surface area contributed by atoms with Crippen molar-refractivity contribution in [3.63, 3.8) is 0 Å². The summed E-state index contributed by atoms with van der Waals surface area (Å²) in [7, 11) is 1.56. The summed E-state index contributed by atoms with van der Waals surface area (Å²) in [6.07, 6.45) is 9.39. The van der Waals surface area contributed by atoms with Crippen LogP contribution in [0.4, 0.5) is 11.4 Å². The molecule has 3 aromatic carbocycles. The van der Waals surface area contributed by atoms with Crippen molar-refractivity contribution in [2.24, 2.45) is 0 Å². The largest absolute Gasteiger partial charge is 0.483 e. The van der Waals surface area contributed by atoms with Gasteiger partial charge in [0.1, 0.15) is 11.8 Å². The molecule has 1 fully saturated rings. The van der Waals surface area contributed by atoms with E-state index < -0.39 is 29.7 Å². The number of piperidine rings is 1. The Kier molecular flexibility index (Phi) is 13.8. The molecule has 15 heteroatoms. The van der Waals surface area contributed by atoms with Crippen LogP contribution < -0.4 is 31.3 Å². The molecule has 1 saturated heterocycles. The Bertz CT molecular complexity index is 2210. The predicted molar refractivity (Wildman–Crippen MR) is 216 cm³/mol. The van der Waals surface area contributed by atoms with Gasteiger partial charge in [-0.1, -0.05) is 62.8 Å². The first-order valence-electron chi connectivity index (χ1n) is 19.7. The van der Waals surface area contributed by atoms with Crippen molar-refractivity contribution in [3.8, 4) is 5.75 Å². The third kappa shape index (κ3) is 9.83. The Morgan fingerprint density at radius 3 is 2.22 bits per heavy atom. The Morgan fingerprint density at radius 1 is 0.810 bits per heavy atom. The van der Waals surface area contributed by atoms with Gasteiger partial charge in [-0.05, 0) is 61.7 Å². The SMILES string of the molecule is CNC(=O)c1cnc2ccc(C(=O)NCCCCCCCCCCNC(=O)COc3cccc4c3C(=O)N(C3CCC(=O)NC3=O)C4=O)cc2c1Nc1ccccc1. The highest BCUT2D eigenvalue weighted by Gasteiger charge is 2.46. The van der Waals surface area contributed by atoms with E-state index in [4.69, 9.17) is 4.74 Å². The molecular formula is C43H47N7O8. The molecule has 4 aromatic rings. The van der Waals surface area contributed by atoms with E-state index in [9.17, 15) is 33.6 Å². The quantitative estimate of drug-likeness (QED) is 0.0649. The van der Waals surface area contributed by atoms with Gasteiger partial charge in [0, 0.05) is 49.4 Å². The van der Waals surface area contributed by atoms with Gasteiger partial charge in [0.25, 0.3) is 29.5 Å². The van der Waals surface area contributed by atoms with Crippen molar-refractivity contribution in [2.75, 3.05) is 32.1 Å². The molecule has 2 aliphatic rings. The zero-order valence-corrected chi connectivity index (χ0v) is 32.4. The maximum absolute atomic E-state index is 13.2. The molecule has 0 bridgehead atoms. The minimum atomic E-state index is -1.09. The Morgan fingerprint density at radius 2 is 1.52 bits per heavy atom. The number of benzene rings is 3. The summed E-state index contributed by atoms with van der Waals surface area (Å²) < 4.78 is 5.64. The summed E-state index contributed by atoms with van der Waals surface area (Å²) in [6, 6.07) is 18.2. The molecule has 0 aliphatic carbocycles. The van der Waals surface area contributed by atoms with E-state index in [1.165, 1.54) is 18.3 Å². The molecule has 1 unspecified atom stereocenters. The van der Waals surface area contributed by atoms with Crippen molar-refractivity contribution in [1.82, 2.24) is 31.2 Å². The molecule has 1 atom stereocenters. The molecule has 3 heterocycles. The second-order valence-electron chi connectivity index (χ2n) is 14.2. The van der Waals surface area contributed by atoms with E-state index in [2.05, 4.69) is 31.6 Å². The normalized spacial score (nSPS) is 14.8. The first kappa shape index (κ1) is 41.0. The summed E-state index contributed by atoms with van der Waals surface area (Å²) in [5.74, 6) is -3.24. The third-order valence-electron chi connectivity index (χ3n) is 10.1. The number of amides is 7. The molecule has 0 spiro atoms. The van der Waals surface area contributed by atoms with Crippen LogP contribution in [0.25, 0.3) is 10.9 Å². The lowest BCUT2D eigenvalue weighted by Crippen LogP contribution is -2.54. The van der Waals surface area contributed by atoms with Crippen LogP contribution in [-0.4, -0.2) is 84.0 Å². The number of imide groups is 2. The number of carbonyl (C=O) groups excluding carboxylic acids is 7. The minimum absolute atomic E-state index is 0.000418. The fraction of sp³-hybridized carbons (Fsp3) is 0.349. The molecule has 2 aliphatic heterocycles. The monoisotopic (exact) mass is 789 g/mol. The lowest BCUT2D eigenvalue weighted by molar-refractivity contribution is -0.136. The van der Waals surface area contributed by atoms with Gasteiger partial charge in [0.05, 0.1) is 27.9 Å². The molecule has 6 rings (SSSR count). The molecule has 0 radical (unpaired) electrons. The van der Waals surface area contributed by atoms with Gasteiger partial charge >= 0.3 is 0 Å². The van der Waals surface area contributed by atoms with Crippen LogP contribution >= 0.6 is 0 Å². The number of ether oxygens (including phenoxy) is 1. The number of nitrogens with one attached hydrogen (secondary N) is 5. The first-order valence-corrected chi connectivity index (χ1v) is 19.7. The van der Waals surface area contributed by atoms with Crippen molar-refractivity contribution in [1.29, 1.82) is 0 Å². The Balaban J connectivity index is 0.844. The number of hydrogen-bond donors (Lipinski definition) is 5. The summed E-state index contributed by atoms with van der Waals surface area (Å²) in [6.45, 7) is 0.681. The van der Waals surface area contributed by atoms with Crippen LogP contribution in [0.2, 0.25) is 0 Å². The molecule has 302 valence electrons. The zero-order chi connectivity index (χ0) is 41.0. The predicted octanol–water partition coefficient (Wildman–Crippen LogP) is 4.79. The Labute approximate surface area is 335 Å². The smallest absolute Gasteiger partial charge is 0.266 e. The number of unbranched alkanes of at least 4 members (excludes halogenated alkanes) is 7. The molecule has 58 heavy (non-hydrogen) atoms. The van der Waals surface area contributed by atoms with Gasteiger partial charge in [-0.25, -0.2) is 0 Å². The average molecular weight is 790 g/mol. The van der Waals surface area contributed by atoms with E-state index >= 15 is 0 Å². The lowest BCUT2D eigenvalue weighted by atomic mass is 10.0. The molecular weight excluding hydrogens is 743 g/mol. The number of carbonyl (C=O) groups is 7. The van der Waals surface area contributed by atoms with Crippen molar-refractivity contribution >= 4 is 63.6 Å². The third-order valence-corrected chi connectivity index (χ3v) is 10.1. The van der Waals surface area contributed by atoms with Gasteiger partial charge in [-0.15, -0.1) is 0 Å². The topological polar surface area (TPSA) is 205 Å². The highest BCUT2D eigenvalue weighted by molar-refractivity contribution is 6.24. The second-order valence-corrected chi connectivity index (χ2v) is 14.2. The van der Waals surface area contributed by atoms with Crippen LogP contribution in [0.3, 0.4) is 0 Å². The fourth-order valence-corrected chi connectivity index (χ4v) is 7.08. The number of nitrogens with zero attached hydrogens (tertiary/aromatic N) is 2. The highest BCUT2D eigenvalue weighted by Crippen LogP contribution is 2.34. The Hall–Kier alpha value is -6.64. The van der Waals surface area contributed by atoms with E-state index in [1.807, 2.05) is 30.3 Å². The van der Waals surface area contributed by atoms with Crippen LogP contribution in [0.5, 0.6) is 5.75 Å². The molecule has 7 amide bonds. The summed E-state index contributed by atoms with van der Waals surface area (Å²) in [5.41, 5.74) is 2.99. The average Bonchev–Trinajstić information content (AvgIpc) is 3.49. The van der Waals surface area contributed by atoms with Crippen LogP contribution in [0.1, 0.15) is 106 Å². The fourth-order valence-electron chi connectivity index (χ4n) is 7.08. The van der Waals surface area contributed by atoms with Crippen molar-refractivity contribution in [3.05, 3.63) is 95.2 Å². The van der Waals surface area contributed by atoms with Gasteiger partial charge < -0.3 is 26.0 Å². The van der Waals surface area contributed by atoms with E-state index in [0.717, 1.165) is 62.0 Å².